The van der Waals surface area contributed by atoms with Gasteiger partial charge in [-0.3, -0.25) is 0 Å². The number of hydrogen-bond donors (Lipinski definition) is 2. The summed E-state index contributed by atoms with van der Waals surface area (Å²) in [5.74, 6) is 0.371. The van der Waals surface area contributed by atoms with Crippen LogP contribution in [-0.2, 0) is 0 Å². The summed E-state index contributed by atoms with van der Waals surface area (Å²) in [5.41, 5.74) is 0.166. The van der Waals surface area contributed by atoms with Gasteiger partial charge < -0.3 is 15.5 Å². The van der Waals surface area contributed by atoms with Crippen LogP contribution in [0.1, 0.15) is 5.82 Å². The summed E-state index contributed by atoms with van der Waals surface area (Å²) >= 11 is 0. The van der Waals surface area contributed by atoms with E-state index in [1.165, 1.54) is 12.1 Å². The summed E-state index contributed by atoms with van der Waals surface area (Å²) in [6.45, 7) is 3.34. The van der Waals surface area contributed by atoms with Crippen LogP contribution in [0.25, 0.3) is 0 Å². The Kier molecular flexibility index (Phi) is 5.21. The molecule has 1 heterocycles. The van der Waals surface area contributed by atoms with Crippen LogP contribution in [0.15, 0.2) is 24.3 Å². The Balaban J connectivity index is 2.12. The van der Waals surface area contributed by atoms with Crippen LogP contribution in [0.4, 0.5) is 26.1 Å². The van der Waals surface area contributed by atoms with Gasteiger partial charge in [0.25, 0.3) is 0 Å². The van der Waals surface area contributed by atoms with Gasteiger partial charge in [0.15, 0.2) is 0 Å². The molecule has 2 rings (SSSR count). The molecule has 0 atom stereocenters. The lowest BCUT2D eigenvalue weighted by atomic mass is 10.3. The highest BCUT2D eigenvalue weighted by Gasteiger charge is 2.07. The predicted molar refractivity (Wildman–Crippen MR) is 83.5 cm³/mol. The molecular weight excluding hydrogens is 288 g/mol. The first-order valence-corrected chi connectivity index (χ1v) is 6.90. The van der Waals surface area contributed by atoms with Crippen molar-refractivity contribution in [1.82, 2.24) is 14.9 Å². The Labute approximate surface area is 128 Å². The second kappa shape index (κ2) is 7.13. The molecule has 0 spiro atoms. The van der Waals surface area contributed by atoms with E-state index in [2.05, 4.69) is 20.6 Å². The molecule has 0 aliphatic rings. The van der Waals surface area contributed by atoms with Crippen molar-refractivity contribution in [3.05, 3.63) is 41.7 Å². The summed E-state index contributed by atoms with van der Waals surface area (Å²) in [6, 6.07) is 5.04. The van der Waals surface area contributed by atoms with E-state index >= 15 is 0 Å². The first-order valence-electron chi connectivity index (χ1n) is 6.90. The van der Waals surface area contributed by atoms with Gasteiger partial charge in [-0.2, -0.15) is 0 Å². The van der Waals surface area contributed by atoms with Crippen molar-refractivity contribution in [2.75, 3.05) is 37.8 Å². The lowest BCUT2D eigenvalue weighted by molar-refractivity contribution is 0.425. The zero-order valence-corrected chi connectivity index (χ0v) is 12.8. The lowest BCUT2D eigenvalue weighted by Gasteiger charge is -2.13. The number of aromatic nitrogens is 2. The highest BCUT2D eigenvalue weighted by Crippen LogP contribution is 2.21. The molecule has 118 valence electrons. The van der Waals surface area contributed by atoms with Gasteiger partial charge in [0.05, 0.1) is 5.69 Å². The minimum absolute atomic E-state index is 0.166. The molecule has 0 saturated heterocycles. The third-order valence-electron chi connectivity index (χ3n) is 2.90. The summed E-state index contributed by atoms with van der Waals surface area (Å²) < 4.78 is 26.6. The lowest BCUT2D eigenvalue weighted by Crippen LogP contribution is -2.21. The van der Waals surface area contributed by atoms with Crippen LogP contribution in [0.5, 0.6) is 0 Å². The highest BCUT2D eigenvalue weighted by atomic mass is 19.1. The number of benzene rings is 1. The maximum Gasteiger partial charge on any atom is 0.149 e. The molecule has 22 heavy (non-hydrogen) atoms. The van der Waals surface area contributed by atoms with Gasteiger partial charge in [0, 0.05) is 25.2 Å². The first-order chi connectivity index (χ1) is 10.4. The Bertz CT molecular complexity index is 646. The van der Waals surface area contributed by atoms with Crippen molar-refractivity contribution >= 4 is 17.3 Å². The van der Waals surface area contributed by atoms with Crippen molar-refractivity contribution in [3.8, 4) is 0 Å². The summed E-state index contributed by atoms with van der Waals surface area (Å²) in [6.07, 6.45) is 0. The van der Waals surface area contributed by atoms with Crippen molar-refractivity contribution in [2.24, 2.45) is 0 Å². The van der Waals surface area contributed by atoms with Crippen LogP contribution < -0.4 is 10.6 Å². The van der Waals surface area contributed by atoms with Crippen LogP contribution in [-0.4, -0.2) is 42.1 Å². The number of nitrogens with one attached hydrogen (secondary N) is 2. The van der Waals surface area contributed by atoms with Crippen molar-refractivity contribution < 1.29 is 8.78 Å². The highest BCUT2D eigenvalue weighted by molar-refractivity contribution is 5.59. The molecule has 0 unspecified atom stereocenters. The molecule has 0 radical (unpaired) electrons. The summed E-state index contributed by atoms with van der Waals surface area (Å²) in [5, 5.41) is 6.02. The molecule has 0 aliphatic heterocycles. The van der Waals surface area contributed by atoms with Crippen LogP contribution >= 0.6 is 0 Å². The number of aryl methyl sites for hydroxylation is 1. The Hall–Kier alpha value is -2.28. The Morgan fingerprint density at radius 3 is 2.50 bits per heavy atom. The molecular formula is C15H19F2N5. The van der Waals surface area contributed by atoms with Gasteiger partial charge in [0.1, 0.15) is 29.1 Å². The monoisotopic (exact) mass is 307 g/mol. The predicted octanol–water partition coefficient (Wildman–Crippen LogP) is 2.78. The van der Waals surface area contributed by atoms with Crippen LogP contribution in [0.3, 0.4) is 0 Å². The Morgan fingerprint density at radius 2 is 1.82 bits per heavy atom. The zero-order chi connectivity index (χ0) is 16.1. The van der Waals surface area contributed by atoms with E-state index < -0.39 is 11.6 Å². The van der Waals surface area contributed by atoms with E-state index in [4.69, 9.17) is 0 Å². The molecule has 0 fully saturated rings. The standard InChI is InChI=1S/C15H19F2N5/c1-10-19-14(18-6-7-22(2)3)9-15(20-10)21-13-5-4-11(16)8-12(13)17/h4-5,8-9H,6-7H2,1-3H3,(H2,18,19,20,21). The number of halogens is 2. The molecule has 0 amide bonds. The van der Waals surface area contributed by atoms with Gasteiger partial charge in [0.2, 0.25) is 0 Å². The zero-order valence-electron chi connectivity index (χ0n) is 12.8. The van der Waals surface area contributed by atoms with E-state index in [-0.39, 0.29) is 5.69 Å². The van der Waals surface area contributed by atoms with E-state index in [1.807, 2.05) is 19.0 Å². The molecule has 7 heteroatoms. The molecule has 5 nitrogen and oxygen atoms in total. The molecule has 0 aliphatic carbocycles. The fourth-order valence-electron chi connectivity index (χ4n) is 1.86. The van der Waals surface area contributed by atoms with Crippen LogP contribution in [0, 0.1) is 18.6 Å². The van der Waals surface area contributed by atoms with Crippen LogP contribution in [0.2, 0.25) is 0 Å². The van der Waals surface area contributed by atoms with Gasteiger partial charge in [-0.15, -0.1) is 0 Å². The SMILES string of the molecule is Cc1nc(NCCN(C)C)cc(Nc2ccc(F)cc2F)n1. The largest absolute Gasteiger partial charge is 0.369 e. The molecule has 1 aromatic heterocycles. The first kappa shape index (κ1) is 16.1. The second-order valence-corrected chi connectivity index (χ2v) is 5.16. The second-order valence-electron chi connectivity index (χ2n) is 5.16. The number of nitrogens with zero attached hydrogens (tertiary/aromatic N) is 3. The molecule has 1 aromatic carbocycles. The maximum atomic E-state index is 13.7. The van der Waals surface area contributed by atoms with E-state index in [0.29, 0.717) is 17.5 Å². The van der Waals surface area contributed by atoms with Gasteiger partial charge in [-0.1, -0.05) is 0 Å². The van der Waals surface area contributed by atoms with E-state index in [0.717, 1.165) is 19.2 Å². The molecule has 0 saturated carbocycles. The third kappa shape index (κ3) is 4.63. The fraction of sp³-hybridized carbons (Fsp3) is 0.333. The number of rotatable bonds is 6. The summed E-state index contributed by atoms with van der Waals surface area (Å²) in [7, 11) is 3.97. The topological polar surface area (TPSA) is 53.1 Å². The fourth-order valence-corrected chi connectivity index (χ4v) is 1.86. The van der Waals surface area contributed by atoms with Crippen molar-refractivity contribution in [1.29, 1.82) is 0 Å². The van der Waals surface area contributed by atoms with Crippen molar-refractivity contribution in [2.45, 2.75) is 6.92 Å². The van der Waals surface area contributed by atoms with Crippen molar-refractivity contribution in [3.63, 3.8) is 0 Å². The minimum Gasteiger partial charge on any atom is -0.369 e. The number of likely N-dealkylation sites (N-methyl/N-ethyl adjacent to an activating group) is 1. The quantitative estimate of drug-likeness (QED) is 0.859. The summed E-state index contributed by atoms with van der Waals surface area (Å²) in [4.78, 5) is 10.5. The third-order valence-corrected chi connectivity index (χ3v) is 2.90. The van der Waals surface area contributed by atoms with Gasteiger partial charge in [-0.25, -0.2) is 18.7 Å². The molecule has 2 aromatic rings. The number of hydrogen-bond acceptors (Lipinski definition) is 5. The Morgan fingerprint density at radius 1 is 1.09 bits per heavy atom. The smallest absolute Gasteiger partial charge is 0.149 e. The van der Waals surface area contributed by atoms with Gasteiger partial charge in [-0.05, 0) is 33.2 Å². The van der Waals surface area contributed by atoms with Gasteiger partial charge >= 0.3 is 0 Å². The average Bonchev–Trinajstić information content (AvgIpc) is 2.41. The normalized spacial score (nSPS) is 10.8. The minimum atomic E-state index is -0.668. The van der Waals surface area contributed by atoms with E-state index in [9.17, 15) is 8.78 Å². The average molecular weight is 307 g/mol. The number of anilines is 3. The molecule has 2 N–H and O–H groups in total. The molecule has 0 bridgehead atoms. The van der Waals surface area contributed by atoms with E-state index in [1.54, 1.807) is 13.0 Å². The maximum absolute atomic E-state index is 13.7.